The second-order valence-corrected chi connectivity index (χ2v) is 7.63. The molecule has 2 amide bonds. The van der Waals surface area contributed by atoms with E-state index in [4.69, 9.17) is 0 Å². The van der Waals surface area contributed by atoms with Crippen molar-refractivity contribution in [3.8, 4) is 0 Å². The summed E-state index contributed by atoms with van der Waals surface area (Å²) in [5.41, 5.74) is 2.65. The van der Waals surface area contributed by atoms with E-state index >= 15 is 0 Å². The molecule has 1 aliphatic heterocycles. The Morgan fingerprint density at radius 2 is 1.88 bits per heavy atom. The summed E-state index contributed by atoms with van der Waals surface area (Å²) >= 11 is 0. The fraction of sp³-hybridized carbons (Fsp3) is 0.600. The number of nitrogens with zero attached hydrogens (tertiary/aromatic N) is 1. The number of benzene rings is 1. The van der Waals surface area contributed by atoms with Crippen LogP contribution in [0.4, 0.5) is 0 Å². The van der Waals surface area contributed by atoms with Crippen molar-refractivity contribution in [2.75, 3.05) is 19.6 Å². The van der Waals surface area contributed by atoms with Crippen LogP contribution >= 0.6 is 0 Å². The Bertz CT molecular complexity index is 558. The van der Waals surface area contributed by atoms with Gasteiger partial charge in [-0.3, -0.25) is 9.59 Å². The van der Waals surface area contributed by atoms with E-state index in [9.17, 15) is 9.59 Å². The van der Waals surface area contributed by atoms with E-state index in [1.54, 1.807) is 0 Å². The van der Waals surface area contributed by atoms with Gasteiger partial charge in [-0.05, 0) is 35.8 Å². The van der Waals surface area contributed by atoms with Gasteiger partial charge in [-0.1, -0.05) is 45.0 Å². The number of likely N-dealkylation sites (tertiary alicyclic amines) is 1. The number of carbonyl (C=O) groups excluding carboxylic acids is 2. The third kappa shape index (κ3) is 5.66. The quantitative estimate of drug-likeness (QED) is 0.871. The molecule has 4 nitrogen and oxygen atoms in total. The van der Waals surface area contributed by atoms with Crippen molar-refractivity contribution < 1.29 is 9.59 Å². The zero-order chi connectivity index (χ0) is 17.6. The number of nitrogens with one attached hydrogen (secondary N) is 1. The molecule has 0 aliphatic carbocycles. The van der Waals surface area contributed by atoms with Gasteiger partial charge in [0.1, 0.15) is 0 Å². The minimum atomic E-state index is 0.0550. The van der Waals surface area contributed by atoms with Crippen molar-refractivity contribution in [3.63, 3.8) is 0 Å². The summed E-state index contributed by atoms with van der Waals surface area (Å²) < 4.78 is 0. The molecule has 1 N–H and O–H groups in total. The largest absolute Gasteiger partial charge is 0.354 e. The van der Waals surface area contributed by atoms with Crippen LogP contribution in [0.15, 0.2) is 24.3 Å². The second-order valence-electron chi connectivity index (χ2n) is 7.63. The molecule has 1 aliphatic rings. The van der Waals surface area contributed by atoms with Gasteiger partial charge < -0.3 is 10.2 Å². The Kier molecular flexibility index (Phi) is 6.41. The third-order valence-electron chi connectivity index (χ3n) is 4.59. The lowest BCUT2D eigenvalue weighted by Crippen LogP contribution is -2.41. The van der Waals surface area contributed by atoms with Crippen molar-refractivity contribution in [3.05, 3.63) is 35.4 Å². The van der Waals surface area contributed by atoms with E-state index in [1.165, 1.54) is 11.1 Å². The smallest absolute Gasteiger partial charge is 0.222 e. The fourth-order valence-corrected chi connectivity index (χ4v) is 2.95. The topological polar surface area (TPSA) is 49.4 Å². The maximum atomic E-state index is 12.0. The summed E-state index contributed by atoms with van der Waals surface area (Å²) in [5, 5.41) is 2.92. The van der Waals surface area contributed by atoms with Gasteiger partial charge in [-0.25, -0.2) is 0 Å². The Hall–Kier alpha value is -1.84. The van der Waals surface area contributed by atoms with E-state index in [1.807, 2.05) is 4.90 Å². The lowest BCUT2D eigenvalue weighted by Gasteiger charge is -2.26. The van der Waals surface area contributed by atoms with Gasteiger partial charge in [-0.15, -0.1) is 0 Å². The Morgan fingerprint density at radius 1 is 1.17 bits per heavy atom. The van der Waals surface area contributed by atoms with Gasteiger partial charge in [0.15, 0.2) is 0 Å². The molecule has 0 spiro atoms. The van der Waals surface area contributed by atoms with Gasteiger partial charge in [-0.2, -0.15) is 0 Å². The molecule has 1 heterocycles. The molecule has 4 heteroatoms. The van der Waals surface area contributed by atoms with E-state index in [0.717, 1.165) is 25.8 Å². The van der Waals surface area contributed by atoms with E-state index in [2.05, 4.69) is 50.4 Å². The van der Waals surface area contributed by atoms with Crippen LogP contribution in [0, 0.1) is 0 Å². The standard InChI is InChI=1S/C20H30N2O2/c1-20(2,3)17-10-7-16(8-11-17)9-12-18(23)21-13-15-22-14-5-4-6-19(22)24/h7-8,10-11H,4-6,9,12-15H2,1-3H3,(H,21,23). The molecular weight excluding hydrogens is 300 g/mol. The lowest BCUT2D eigenvalue weighted by atomic mass is 9.86. The first-order valence-electron chi connectivity index (χ1n) is 9.00. The molecule has 1 fully saturated rings. The zero-order valence-electron chi connectivity index (χ0n) is 15.2. The number of hydrogen-bond acceptors (Lipinski definition) is 2. The summed E-state index contributed by atoms with van der Waals surface area (Å²) in [4.78, 5) is 25.5. The van der Waals surface area contributed by atoms with Gasteiger partial charge in [0.2, 0.25) is 11.8 Å². The molecule has 0 radical (unpaired) electrons. The molecule has 132 valence electrons. The highest BCUT2D eigenvalue weighted by molar-refractivity contribution is 5.77. The predicted molar refractivity (Wildman–Crippen MR) is 96.9 cm³/mol. The number of hydrogen-bond donors (Lipinski definition) is 1. The van der Waals surface area contributed by atoms with Gasteiger partial charge in [0.05, 0.1) is 0 Å². The van der Waals surface area contributed by atoms with Crippen molar-refractivity contribution in [2.24, 2.45) is 0 Å². The second kappa shape index (κ2) is 8.32. The van der Waals surface area contributed by atoms with Gasteiger partial charge >= 0.3 is 0 Å². The molecule has 0 bridgehead atoms. The average Bonchev–Trinajstić information content (AvgIpc) is 2.54. The van der Waals surface area contributed by atoms with Crippen LogP contribution in [0.3, 0.4) is 0 Å². The normalized spacial score (nSPS) is 15.5. The average molecular weight is 330 g/mol. The monoisotopic (exact) mass is 330 g/mol. The SMILES string of the molecule is CC(C)(C)c1ccc(CCC(=O)NCCN2CCCCC2=O)cc1. The molecule has 0 saturated carbocycles. The number of piperidine rings is 1. The Morgan fingerprint density at radius 3 is 2.50 bits per heavy atom. The number of rotatable bonds is 6. The highest BCUT2D eigenvalue weighted by Gasteiger charge is 2.17. The van der Waals surface area contributed by atoms with Crippen LogP contribution in [0.5, 0.6) is 0 Å². The molecule has 24 heavy (non-hydrogen) atoms. The Labute approximate surface area is 145 Å². The van der Waals surface area contributed by atoms with Crippen LogP contribution in [0.1, 0.15) is 57.6 Å². The van der Waals surface area contributed by atoms with Crippen LogP contribution in [-0.4, -0.2) is 36.3 Å². The minimum absolute atomic E-state index is 0.0550. The third-order valence-corrected chi connectivity index (χ3v) is 4.59. The first kappa shape index (κ1) is 18.5. The molecule has 0 atom stereocenters. The van der Waals surface area contributed by atoms with Crippen molar-refractivity contribution in [2.45, 2.75) is 58.3 Å². The van der Waals surface area contributed by atoms with E-state index < -0.39 is 0 Å². The van der Waals surface area contributed by atoms with E-state index in [-0.39, 0.29) is 17.2 Å². The summed E-state index contributed by atoms with van der Waals surface area (Å²) in [6, 6.07) is 8.52. The molecule has 1 aromatic rings. The van der Waals surface area contributed by atoms with E-state index in [0.29, 0.717) is 25.9 Å². The molecule has 2 rings (SSSR count). The highest BCUT2D eigenvalue weighted by atomic mass is 16.2. The van der Waals surface area contributed by atoms with Gasteiger partial charge in [0.25, 0.3) is 0 Å². The Balaban J connectivity index is 1.68. The maximum absolute atomic E-state index is 12.0. The summed E-state index contributed by atoms with van der Waals surface area (Å²) in [7, 11) is 0. The first-order valence-corrected chi connectivity index (χ1v) is 9.00. The van der Waals surface area contributed by atoms with Gasteiger partial charge in [0, 0.05) is 32.5 Å². The van der Waals surface area contributed by atoms with Crippen LogP contribution in [0.25, 0.3) is 0 Å². The molecule has 0 unspecified atom stereocenters. The minimum Gasteiger partial charge on any atom is -0.354 e. The number of aryl methyl sites for hydroxylation is 1. The van der Waals surface area contributed by atoms with Crippen molar-refractivity contribution >= 4 is 11.8 Å². The van der Waals surface area contributed by atoms with Crippen LogP contribution in [0.2, 0.25) is 0 Å². The van der Waals surface area contributed by atoms with Crippen molar-refractivity contribution in [1.82, 2.24) is 10.2 Å². The molecule has 0 aromatic heterocycles. The number of carbonyl (C=O) groups is 2. The first-order chi connectivity index (χ1) is 11.4. The molecular formula is C20H30N2O2. The van der Waals surface area contributed by atoms with Crippen LogP contribution in [-0.2, 0) is 21.4 Å². The predicted octanol–water partition coefficient (Wildman–Crippen LogP) is 3.05. The summed E-state index contributed by atoms with van der Waals surface area (Å²) in [6.07, 6.45) is 3.96. The van der Waals surface area contributed by atoms with Crippen LogP contribution < -0.4 is 5.32 Å². The molecule has 1 saturated heterocycles. The van der Waals surface area contributed by atoms with Crippen molar-refractivity contribution in [1.29, 1.82) is 0 Å². The fourth-order valence-electron chi connectivity index (χ4n) is 2.95. The highest BCUT2D eigenvalue weighted by Crippen LogP contribution is 2.22. The maximum Gasteiger partial charge on any atom is 0.222 e. The molecule has 1 aromatic carbocycles. The zero-order valence-corrected chi connectivity index (χ0v) is 15.2. The summed E-state index contributed by atoms with van der Waals surface area (Å²) in [6.45, 7) is 8.60. The summed E-state index contributed by atoms with van der Waals surface area (Å²) in [5.74, 6) is 0.272. The lowest BCUT2D eigenvalue weighted by molar-refractivity contribution is -0.133. The number of amides is 2.